The Kier molecular flexibility index (Phi) is 2.74. The normalized spacial score (nSPS) is 13.5. The first-order chi connectivity index (χ1) is 15.4. The molecule has 144 valence electrons. The summed E-state index contributed by atoms with van der Waals surface area (Å²) >= 11 is 0. The minimum atomic E-state index is 0.965. The van der Waals surface area contributed by atoms with Crippen molar-refractivity contribution in [1.82, 2.24) is 14.4 Å². The fourth-order valence-electron chi connectivity index (χ4n) is 5.98. The number of fused-ring (bicyclic) bond motifs is 14. The first-order valence-electron chi connectivity index (χ1n) is 10.8. The Bertz CT molecular complexity index is 1740. The van der Waals surface area contributed by atoms with Gasteiger partial charge in [0.25, 0.3) is 0 Å². The molecule has 0 atom stereocenters. The van der Waals surface area contributed by atoms with Gasteiger partial charge in [0.2, 0.25) is 0 Å². The van der Waals surface area contributed by atoms with Crippen LogP contribution >= 0.6 is 0 Å². The van der Waals surface area contributed by atoms with Gasteiger partial charge < -0.3 is 0 Å². The molecular formula is C28H17N3. The summed E-state index contributed by atoms with van der Waals surface area (Å²) in [4.78, 5) is 9.18. The molecule has 3 nitrogen and oxygen atoms in total. The second-order valence-corrected chi connectivity index (χ2v) is 8.66. The molecule has 0 bridgehead atoms. The summed E-state index contributed by atoms with van der Waals surface area (Å²) in [5.74, 6) is 0. The van der Waals surface area contributed by atoms with Crippen LogP contribution in [0.2, 0.25) is 0 Å². The van der Waals surface area contributed by atoms with Crippen LogP contribution < -0.4 is 0 Å². The van der Waals surface area contributed by atoms with Crippen LogP contribution in [-0.4, -0.2) is 14.4 Å². The fourth-order valence-corrected chi connectivity index (χ4v) is 5.98. The van der Waals surface area contributed by atoms with Crippen molar-refractivity contribution in [3.63, 3.8) is 0 Å². The van der Waals surface area contributed by atoms with Crippen molar-refractivity contribution in [3.05, 3.63) is 102 Å². The third-order valence-corrected chi connectivity index (χ3v) is 7.23. The molecule has 31 heavy (non-hydrogen) atoms. The van der Waals surface area contributed by atoms with Crippen molar-refractivity contribution in [2.24, 2.45) is 0 Å². The maximum Gasteiger partial charge on any atom is 0.145 e. The highest BCUT2D eigenvalue weighted by molar-refractivity contribution is 6.15. The van der Waals surface area contributed by atoms with E-state index in [1.54, 1.807) is 0 Å². The number of benzene rings is 3. The number of hydrogen-bond acceptors (Lipinski definition) is 2. The Labute approximate surface area is 178 Å². The number of hydrogen-bond donors (Lipinski definition) is 0. The van der Waals surface area contributed by atoms with Gasteiger partial charge in [0.05, 0.1) is 5.52 Å². The second kappa shape index (κ2) is 5.38. The van der Waals surface area contributed by atoms with Crippen LogP contribution in [0.25, 0.3) is 49.6 Å². The minimum Gasteiger partial charge on any atom is -0.299 e. The molecule has 0 radical (unpaired) electrons. The topological polar surface area (TPSA) is 30.2 Å². The van der Waals surface area contributed by atoms with Crippen LogP contribution in [0.1, 0.15) is 22.3 Å². The number of nitrogens with zero attached hydrogens (tertiary/aromatic N) is 3. The lowest BCUT2D eigenvalue weighted by atomic mass is 9.93. The van der Waals surface area contributed by atoms with E-state index in [0.717, 1.165) is 24.0 Å². The summed E-state index contributed by atoms with van der Waals surface area (Å²) in [5, 5.41) is 3.71. The first-order valence-corrected chi connectivity index (χ1v) is 10.8. The fraction of sp³-hybridized carbons (Fsp3) is 0.0714. The van der Waals surface area contributed by atoms with E-state index in [0.29, 0.717) is 0 Å². The van der Waals surface area contributed by atoms with Crippen molar-refractivity contribution in [2.75, 3.05) is 0 Å². The highest BCUT2D eigenvalue weighted by Gasteiger charge is 2.29. The van der Waals surface area contributed by atoms with E-state index in [2.05, 4.69) is 64.0 Å². The third-order valence-electron chi connectivity index (χ3n) is 7.23. The zero-order valence-electron chi connectivity index (χ0n) is 16.8. The third kappa shape index (κ3) is 1.85. The van der Waals surface area contributed by atoms with E-state index >= 15 is 0 Å². The Hall–Kier alpha value is -3.98. The Balaban J connectivity index is 1.50. The van der Waals surface area contributed by atoms with Crippen LogP contribution in [0.5, 0.6) is 0 Å². The molecule has 3 aromatic carbocycles. The molecule has 3 heteroatoms. The molecule has 0 saturated heterocycles. The van der Waals surface area contributed by atoms with Crippen LogP contribution in [-0.2, 0) is 12.8 Å². The minimum absolute atomic E-state index is 0.965. The molecule has 0 N–H and O–H groups in total. The summed E-state index contributed by atoms with van der Waals surface area (Å²) in [7, 11) is 0. The van der Waals surface area contributed by atoms with Gasteiger partial charge in [-0.3, -0.25) is 9.38 Å². The summed E-state index contributed by atoms with van der Waals surface area (Å²) in [6.07, 6.45) is 9.81. The maximum atomic E-state index is 4.70. The lowest BCUT2D eigenvalue weighted by molar-refractivity contribution is 1.23. The standard InChI is InChI=1S/C28H17N3/c1-2-4-18-16(3-1)13-22-19(18)6-5-17-14-23-20(26(17)22)7-8-21-27(23)24-15-29-10-9-25(24)31-12-11-30-28(21)31/h1-12,15H,13-14H2. The van der Waals surface area contributed by atoms with Gasteiger partial charge in [-0.05, 0) is 69.5 Å². The highest BCUT2D eigenvalue weighted by atomic mass is 15.0. The van der Waals surface area contributed by atoms with Gasteiger partial charge in [0, 0.05) is 40.9 Å². The van der Waals surface area contributed by atoms with Crippen molar-refractivity contribution in [1.29, 1.82) is 0 Å². The number of aromatic nitrogens is 3. The SMILES string of the molecule is c1ccc2c(c1)Cc1c-2ccc2c1-c1ccc3c(c1C2)c1cnccc1n1ccnc31. The molecule has 6 aromatic rings. The van der Waals surface area contributed by atoms with Gasteiger partial charge in [-0.15, -0.1) is 0 Å². The molecule has 8 rings (SSSR count). The van der Waals surface area contributed by atoms with Crippen LogP contribution in [0, 0.1) is 0 Å². The molecule has 0 amide bonds. The molecule has 3 aromatic heterocycles. The van der Waals surface area contributed by atoms with Crippen molar-refractivity contribution in [2.45, 2.75) is 12.8 Å². The lowest BCUT2D eigenvalue weighted by Crippen LogP contribution is -1.94. The van der Waals surface area contributed by atoms with E-state index in [1.165, 1.54) is 60.7 Å². The summed E-state index contributed by atoms with van der Waals surface area (Å²) in [6.45, 7) is 0. The Morgan fingerprint density at radius 3 is 2.61 bits per heavy atom. The predicted molar refractivity (Wildman–Crippen MR) is 124 cm³/mol. The summed E-state index contributed by atoms with van der Waals surface area (Å²) in [6, 6.07) is 20.2. The number of imidazole rings is 1. The average Bonchev–Trinajstić information content (AvgIpc) is 3.53. The van der Waals surface area contributed by atoms with Crippen LogP contribution in [0.3, 0.4) is 0 Å². The zero-order chi connectivity index (χ0) is 20.1. The van der Waals surface area contributed by atoms with Crippen molar-refractivity contribution in [3.8, 4) is 22.3 Å². The first kappa shape index (κ1) is 15.8. The summed E-state index contributed by atoms with van der Waals surface area (Å²) < 4.78 is 2.18. The van der Waals surface area contributed by atoms with Gasteiger partial charge in [0.1, 0.15) is 5.65 Å². The van der Waals surface area contributed by atoms with E-state index in [4.69, 9.17) is 4.98 Å². The molecule has 2 aliphatic carbocycles. The molecule has 0 fully saturated rings. The van der Waals surface area contributed by atoms with Gasteiger partial charge in [-0.1, -0.05) is 42.5 Å². The smallest absolute Gasteiger partial charge is 0.145 e. The van der Waals surface area contributed by atoms with E-state index < -0.39 is 0 Å². The van der Waals surface area contributed by atoms with Gasteiger partial charge in [0.15, 0.2) is 0 Å². The monoisotopic (exact) mass is 395 g/mol. The molecule has 3 heterocycles. The van der Waals surface area contributed by atoms with Gasteiger partial charge in [-0.2, -0.15) is 0 Å². The predicted octanol–water partition coefficient (Wildman–Crippen LogP) is 6.18. The quantitative estimate of drug-likeness (QED) is 0.287. The van der Waals surface area contributed by atoms with Crippen molar-refractivity contribution >= 4 is 27.3 Å². The maximum absolute atomic E-state index is 4.70. The van der Waals surface area contributed by atoms with Crippen molar-refractivity contribution < 1.29 is 0 Å². The van der Waals surface area contributed by atoms with E-state index in [9.17, 15) is 0 Å². The highest BCUT2D eigenvalue weighted by Crippen LogP contribution is 2.49. The Morgan fingerprint density at radius 2 is 1.61 bits per heavy atom. The largest absolute Gasteiger partial charge is 0.299 e. The molecule has 0 saturated carbocycles. The zero-order valence-corrected chi connectivity index (χ0v) is 16.8. The molecular weight excluding hydrogens is 378 g/mol. The van der Waals surface area contributed by atoms with E-state index in [-0.39, 0.29) is 0 Å². The van der Waals surface area contributed by atoms with Gasteiger partial charge in [-0.25, -0.2) is 4.98 Å². The molecule has 0 unspecified atom stereocenters. The van der Waals surface area contributed by atoms with E-state index in [1.807, 2.05) is 24.8 Å². The second-order valence-electron chi connectivity index (χ2n) is 8.66. The summed E-state index contributed by atoms with van der Waals surface area (Å²) in [5.41, 5.74) is 13.6. The van der Waals surface area contributed by atoms with Crippen LogP contribution in [0.4, 0.5) is 0 Å². The molecule has 0 spiro atoms. The van der Waals surface area contributed by atoms with Gasteiger partial charge >= 0.3 is 0 Å². The molecule has 2 aliphatic rings. The number of pyridine rings is 2. The molecule has 0 aliphatic heterocycles. The lowest BCUT2D eigenvalue weighted by Gasteiger charge is -2.13. The number of rotatable bonds is 0. The average molecular weight is 395 g/mol. The van der Waals surface area contributed by atoms with Crippen LogP contribution in [0.15, 0.2) is 79.4 Å². The Morgan fingerprint density at radius 1 is 0.710 bits per heavy atom.